The SMILES string of the molecule is CN(C)CCC[C@@H](Cc1cn([C@H]2CC[C@H](C)CC2)cn1)C(=O)O. The van der Waals surface area contributed by atoms with Gasteiger partial charge in [0, 0.05) is 18.7 Å². The molecule has 0 unspecified atom stereocenters. The van der Waals surface area contributed by atoms with Crippen LogP contribution in [-0.2, 0) is 11.2 Å². The number of aliphatic carboxylic acids is 1. The van der Waals surface area contributed by atoms with E-state index in [0.29, 0.717) is 18.9 Å². The number of carbonyl (C=O) groups is 1. The van der Waals surface area contributed by atoms with Gasteiger partial charge in [-0.25, -0.2) is 4.98 Å². The third kappa shape index (κ3) is 5.65. The van der Waals surface area contributed by atoms with Crippen molar-refractivity contribution in [2.24, 2.45) is 11.8 Å². The summed E-state index contributed by atoms with van der Waals surface area (Å²) in [4.78, 5) is 18.0. The summed E-state index contributed by atoms with van der Waals surface area (Å²) in [5, 5.41) is 9.44. The van der Waals surface area contributed by atoms with Crippen LogP contribution in [0.2, 0.25) is 0 Å². The Labute approximate surface area is 139 Å². The molecule has 1 N–H and O–H groups in total. The van der Waals surface area contributed by atoms with Crippen molar-refractivity contribution < 1.29 is 9.90 Å². The lowest BCUT2D eigenvalue weighted by molar-refractivity contribution is -0.142. The zero-order valence-electron chi connectivity index (χ0n) is 14.7. The molecule has 0 amide bonds. The van der Waals surface area contributed by atoms with Crippen molar-refractivity contribution in [2.75, 3.05) is 20.6 Å². The Hall–Kier alpha value is -1.36. The summed E-state index contributed by atoms with van der Waals surface area (Å²) in [5.74, 6) is -0.197. The maximum Gasteiger partial charge on any atom is 0.306 e. The standard InChI is InChI=1S/C18H31N3O2/c1-14-6-8-17(9-7-14)21-12-16(19-13-21)11-15(18(22)23)5-4-10-20(2)3/h12-15,17H,4-11H2,1-3H3,(H,22,23)/t14-,15-,17-/m0/s1. The molecule has 0 spiro atoms. The van der Waals surface area contributed by atoms with Crippen LogP contribution in [0.4, 0.5) is 0 Å². The molecule has 1 aliphatic rings. The Kier molecular flexibility index (Phi) is 6.63. The van der Waals surface area contributed by atoms with E-state index in [0.717, 1.165) is 24.6 Å². The van der Waals surface area contributed by atoms with Crippen molar-refractivity contribution in [1.82, 2.24) is 14.5 Å². The number of nitrogens with zero attached hydrogens (tertiary/aromatic N) is 3. The summed E-state index contributed by atoms with van der Waals surface area (Å²) in [6, 6.07) is 0.546. The molecule has 2 rings (SSSR count). The Balaban J connectivity index is 1.89. The van der Waals surface area contributed by atoms with Gasteiger partial charge in [0.05, 0.1) is 17.9 Å². The molecule has 1 heterocycles. The smallest absolute Gasteiger partial charge is 0.306 e. The topological polar surface area (TPSA) is 58.4 Å². The fourth-order valence-corrected chi connectivity index (χ4v) is 3.44. The Morgan fingerprint density at radius 2 is 2.09 bits per heavy atom. The lowest BCUT2D eigenvalue weighted by Crippen LogP contribution is -2.20. The molecule has 1 atom stereocenters. The molecule has 1 aromatic rings. The van der Waals surface area contributed by atoms with Crippen molar-refractivity contribution in [3.05, 3.63) is 18.2 Å². The Morgan fingerprint density at radius 1 is 1.39 bits per heavy atom. The van der Waals surface area contributed by atoms with Gasteiger partial charge in [-0.05, 0) is 65.1 Å². The van der Waals surface area contributed by atoms with Crippen LogP contribution < -0.4 is 0 Å². The van der Waals surface area contributed by atoms with Gasteiger partial charge in [0.15, 0.2) is 0 Å². The highest BCUT2D eigenvalue weighted by Crippen LogP contribution is 2.31. The van der Waals surface area contributed by atoms with Crippen LogP contribution in [0.1, 0.15) is 57.2 Å². The van der Waals surface area contributed by atoms with E-state index in [1.807, 2.05) is 20.4 Å². The van der Waals surface area contributed by atoms with E-state index in [1.54, 1.807) is 0 Å². The molecule has 0 radical (unpaired) electrons. The van der Waals surface area contributed by atoms with Crippen LogP contribution in [0.15, 0.2) is 12.5 Å². The van der Waals surface area contributed by atoms with Crippen molar-refractivity contribution >= 4 is 5.97 Å². The third-order valence-electron chi connectivity index (χ3n) is 5.02. The number of carboxylic acids is 1. The summed E-state index contributed by atoms with van der Waals surface area (Å²) in [5.41, 5.74) is 0.917. The molecule has 5 nitrogen and oxygen atoms in total. The Morgan fingerprint density at radius 3 is 2.70 bits per heavy atom. The van der Waals surface area contributed by atoms with Gasteiger partial charge in [-0.3, -0.25) is 4.79 Å². The van der Waals surface area contributed by atoms with Gasteiger partial charge in [-0.2, -0.15) is 0 Å². The summed E-state index contributed by atoms with van der Waals surface area (Å²) in [6.45, 7) is 3.25. The van der Waals surface area contributed by atoms with E-state index in [2.05, 4.69) is 27.6 Å². The highest BCUT2D eigenvalue weighted by atomic mass is 16.4. The Bertz CT molecular complexity index is 490. The first-order valence-electron chi connectivity index (χ1n) is 8.85. The predicted molar refractivity (Wildman–Crippen MR) is 91.5 cm³/mol. The van der Waals surface area contributed by atoms with Gasteiger partial charge in [0.25, 0.3) is 0 Å². The number of carboxylic acid groups (broad SMARTS) is 1. The minimum atomic E-state index is -0.704. The van der Waals surface area contributed by atoms with E-state index in [9.17, 15) is 9.90 Å². The van der Waals surface area contributed by atoms with Crippen molar-refractivity contribution in [1.29, 1.82) is 0 Å². The maximum atomic E-state index is 11.5. The summed E-state index contributed by atoms with van der Waals surface area (Å²) in [7, 11) is 4.03. The molecule has 5 heteroatoms. The lowest BCUT2D eigenvalue weighted by atomic mass is 9.87. The minimum absolute atomic E-state index is 0.329. The second-order valence-corrected chi connectivity index (χ2v) is 7.41. The van der Waals surface area contributed by atoms with Gasteiger partial charge >= 0.3 is 5.97 Å². The number of imidazole rings is 1. The van der Waals surface area contributed by atoms with Crippen LogP contribution in [0, 0.1) is 11.8 Å². The normalized spacial score (nSPS) is 23.1. The molecule has 0 saturated heterocycles. The maximum absolute atomic E-state index is 11.5. The average Bonchev–Trinajstić information content (AvgIpc) is 2.95. The summed E-state index contributed by atoms with van der Waals surface area (Å²) >= 11 is 0. The van der Waals surface area contributed by atoms with Crippen molar-refractivity contribution in [2.45, 2.75) is 57.9 Å². The lowest BCUT2D eigenvalue weighted by Gasteiger charge is -2.26. The van der Waals surface area contributed by atoms with Crippen molar-refractivity contribution in [3.63, 3.8) is 0 Å². The van der Waals surface area contributed by atoms with Gasteiger partial charge < -0.3 is 14.6 Å². The van der Waals surface area contributed by atoms with E-state index >= 15 is 0 Å². The highest BCUT2D eigenvalue weighted by molar-refractivity contribution is 5.70. The molecule has 0 aliphatic heterocycles. The first-order chi connectivity index (χ1) is 11.0. The molecule has 1 saturated carbocycles. The zero-order valence-corrected chi connectivity index (χ0v) is 14.7. The summed E-state index contributed by atoms with van der Waals surface area (Å²) < 4.78 is 2.21. The van der Waals surface area contributed by atoms with Crippen LogP contribution >= 0.6 is 0 Å². The van der Waals surface area contributed by atoms with E-state index in [4.69, 9.17) is 0 Å². The minimum Gasteiger partial charge on any atom is -0.481 e. The molecular formula is C18H31N3O2. The van der Waals surface area contributed by atoms with Gasteiger partial charge in [-0.15, -0.1) is 0 Å². The average molecular weight is 321 g/mol. The van der Waals surface area contributed by atoms with E-state index < -0.39 is 5.97 Å². The van der Waals surface area contributed by atoms with E-state index in [-0.39, 0.29) is 5.92 Å². The monoisotopic (exact) mass is 321 g/mol. The van der Waals surface area contributed by atoms with Crippen molar-refractivity contribution in [3.8, 4) is 0 Å². The number of hydrogen-bond acceptors (Lipinski definition) is 3. The largest absolute Gasteiger partial charge is 0.481 e. The van der Waals surface area contributed by atoms with Crippen LogP contribution in [0.25, 0.3) is 0 Å². The first-order valence-corrected chi connectivity index (χ1v) is 8.85. The number of hydrogen-bond donors (Lipinski definition) is 1. The van der Waals surface area contributed by atoms with Gasteiger partial charge in [0.1, 0.15) is 0 Å². The second-order valence-electron chi connectivity index (χ2n) is 7.41. The first kappa shape index (κ1) is 18.0. The molecule has 0 bridgehead atoms. The second kappa shape index (κ2) is 8.48. The van der Waals surface area contributed by atoms with Crippen LogP contribution in [-0.4, -0.2) is 46.2 Å². The number of aromatic nitrogens is 2. The molecule has 130 valence electrons. The predicted octanol–water partition coefficient (Wildman–Crippen LogP) is 3.22. The van der Waals surface area contributed by atoms with Crippen LogP contribution in [0.3, 0.4) is 0 Å². The molecule has 1 aliphatic carbocycles. The third-order valence-corrected chi connectivity index (χ3v) is 5.02. The van der Waals surface area contributed by atoms with Crippen LogP contribution in [0.5, 0.6) is 0 Å². The molecule has 1 fully saturated rings. The molecular weight excluding hydrogens is 290 g/mol. The molecule has 1 aromatic heterocycles. The fourth-order valence-electron chi connectivity index (χ4n) is 3.44. The number of rotatable bonds is 8. The fraction of sp³-hybridized carbons (Fsp3) is 0.778. The molecule has 23 heavy (non-hydrogen) atoms. The zero-order chi connectivity index (χ0) is 16.8. The van der Waals surface area contributed by atoms with Gasteiger partial charge in [-0.1, -0.05) is 6.92 Å². The summed E-state index contributed by atoms with van der Waals surface area (Å²) in [6.07, 6.45) is 11.1. The van der Waals surface area contributed by atoms with E-state index in [1.165, 1.54) is 25.7 Å². The highest BCUT2D eigenvalue weighted by Gasteiger charge is 2.22. The van der Waals surface area contributed by atoms with Gasteiger partial charge in [0.2, 0.25) is 0 Å². The molecule has 0 aromatic carbocycles. The quantitative estimate of drug-likeness (QED) is 0.798.